The highest BCUT2D eigenvalue weighted by atomic mass is 32.2. The zero-order valence-electron chi connectivity index (χ0n) is 22.0. The van der Waals surface area contributed by atoms with E-state index in [1.54, 1.807) is 34.8 Å². The second-order valence-corrected chi connectivity index (χ2v) is 14.3. The molecule has 0 spiro atoms. The van der Waals surface area contributed by atoms with Gasteiger partial charge in [0.05, 0.1) is 27.3 Å². The van der Waals surface area contributed by atoms with E-state index in [9.17, 15) is 13.2 Å². The molecule has 0 aliphatic carbocycles. The Morgan fingerprint density at radius 1 is 1.05 bits per heavy atom. The van der Waals surface area contributed by atoms with E-state index in [0.29, 0.717) is 18.7 Å². The van der Waals surface area contributed by atoms with Gasteiger partial charge in [-0.05, 0) is 69.3 Å². The molecular formula is C28H30N4O4S3. The van der Waals surface area contributed by atoms with Gasteiger partial charge in [0.15, 0.2) is 0 Å². The van der Waals surface area contributed by atoms with E-state index >= 15 is 0 Å². The number of carbonyl (C=O) groups is 1. The van der Waals surface area contributed by atoms with Gasteiger partial charge in [-0.15, -0.1) is 22.7 Å². The largest absolute Gasteiger partial charge is 0.373 e. The monoisotopic (exact) mass is 582 g/mol. The summed E-state index contributed by atoms with van der Waals surface area (Å²) < 4.78 is 34.7. The predicted octanol–water partition coefficient (Wildman–Crippen LogP) is 5.06. The van der Waals surface area contributed by atoms with Gasteiger partial charge in [0.1, 0.15) is 10.0 Å². The molecule has 0 unspecified atom stereocenters. The first kappa shape index (κ1) is 26.5. The standard InChI is InChI=1S/C28H30N4O4S3/c1-17-14-32(15-18(2)36-17)39(34,35)20-10-8-19(9-11-20)26(33)30-28-25(21-12-13-31(3)16-24(21)38-28)27-29-22-6-4-5-7-23(22)37-27/h4-11,17-18H,12-16H2,1-3H3,(H,30,33)/t17-,18-/m0/s1. The quantitative estimate of drug-likeness (QED) is 0.354. The number of fused-ring (bicyclic) bond motifs is 2. The molecule has 0 saturated carbocycles. The van der Waals surface area contributed by atoms with Crippen molar-refractivity contribution in [2.75, 3.05) is 32.0 Å². The molecule has 4 aromatic rings. The molecule has 1 N–H and O–H groups in total. The molecule has 2 atom stereocenters. The number of carbonyl (C=O) groups excluding carboxylic acids is 1. The molecule has 2 aliphatic rings. The Morgan fingerprint density at radius 2 is 1.77 bits per heavy atom. The van der Waals surface area contributed by atoms with Gasteiger partial charge in [0.2, 0.25) is 10.0 Å². The number of hydrogen-bond donors (Lipinski definition) is 1. The van der Waals surface area contributed by atoms with Crippen LogP contribution >= 0.6 is 22.7 Å². The molecule has 1 amide bonds. The van der Waals surface area contributed by atoms with Crippen LogP contribution in [0.4, 0.5) is 5.00 Å². The number of amides is 1. The number of thiazole rings is 1. The number of para-hydroxylation sites is 1. The summed E-state index contributed by atoms with van der Waals surface area (Å²) in [6.45, 7) is 6.14. The second-order valence-electron chi connectivity index (χ2n) is 10.2. The third-order valence-corrected chi connectivity index (χ3v) is 11.2. The SMILES string of the molecule is C[C@H]1CN(S(=O)(=O)c2ccc(C(=O)Nc3sc4c(c3-c3nc5ccccc5s3)CCN(C)C4)cc2)C[C@H](C)O1. The number of thiophene rings is 1. The van der Waals surface area contributed by atoms with E-state index in [4.69, 9.17) is 9.72 Å². The maximum atomic E-state index is 13.4. The lowest BCUT2D eigenvalue weighted by atomic mass is 10.0. The van der Waals surface area contributed by atoms with Crippen molar-refractivity contribution < 1.29 is 17.9 Å². The van der Waals surface area contributed by atoms with Crippen molar-refractivity contribution in [1.82, 2.24) is 14.2 Å². The summed E-state index contributed by atoms with van der Waals surface area (Å²) in [5.74, 6) is -0.276. The normalized spacial score (nSPS) is 20.7. The van der Waals surface area contributed by atoms with Gasteiger partial charge in [0, 0.05) is 42.2 Å². The fourth-order valence-corrected chi connectivity index (χ4v) is 9.28. The van der Waals surface area contributed by atoms with Crippen molar-refractivity contribution in [3.05, 3.63) is 64.5 Å². The summed E-state index contributed by atoms with van der Waals surface area (Å²) in [4.78, 5) is 22.0. The van der Waals surface area contributed by atoms with Gasteiger partial charge in [0.25, 0.3) is 5.91 Å². The molecule has 2 aromatic heterocycles. The van der Waals surface area contributed by atoms with Crippen LogP contribution < -0.4 is 5.32 Å². The summed E-state index contributed by atoms with van der Waals surface area (Å²) in [5.41, 5.74) is 3.61. The summed E-state index contributed by atoms with van der Waals surface area (Å²) in [5, 5.41) is 4.82. The van der Waals surface area contributed by atoms with Crippen LogP contribution in [-0.2, 0) is 27.7 Å². The highest BCUT2D eigenvalue weighted by molar-refractivity contribution is 7.89. The number of aromatic nitrogens is 1. The van der Waals surface area contributed by atoms with Gasteiger partial charge >= 0.3 is 0 Å². The summed E-state index contributed by atoms with van der Waals surface area (Å²) in [6, 6.07) is 14.2. The molecule has 0 radical (unpaired) electrons. The minimum absolute atomic E-state index is 0.171. The highest BCUT2D eigenvalue weighted by Gasteiger charge is 2.32. The second kappa shape index (κ2) is 10.4. The van der Waals surface area contributed by atoms with E-state index in [1.165, 1.54) is 26.9 Å². The number of nitrogens with one attached hydrogen (secondary N) is 1. The van der Waals surface area contributed by atoms with Crippen LogP contribution in [0.15, 0.2) is 53.4 Å². The van der Waals surface area contributed by atoms with Crippen LogP contribution in [0.3, 0.4) is 0 Å². The molecule has 2 aliphatic heterocycles. The number of ether oxygens (including phenoxy) is 1. The zero-order chi connectivity index (χ0) is 27.3. The maximum absolute atomic E-state index is 13.4. The number of nitrogens with zero attached hydrogens (tertiary/aromatic N) is 3. The van der Waals surface area contributed by atoms with E-state index in [2.05, 4.69) is 23.3 Å². The molecule has 1 saturated heterocycles. The van der Waals surface area contributed by atoms with Crippen LogP contribution in [0.25, 0.3) is 20.8 Å². The van der Waals surface area contributed by atoms with Crippen LogP contribution in [0, 0.1) is 0 Å². The summed E-state index contributed by atoms with van der Waals surface area (Å²) in [6.07, 6.45) is 0.554. The average molecular weight is 583 g/mol. The van der Waals surface area contributed by atoms with Crippen LogP contribution in [0.5, 0.6) is 0 Å². The van der Waals surface area contributed by atoms with Crippen LogP contribution in [-0.4, -0.2) is 67.4 Å². The predicted molar refractivity (Wildman–Crippen MR) is 156 cm³/mol. The lowest BCUT2D eigenvalue weighted by molar-refractivity contribution is -0.0440. The number of benzene rings is 2. The Morgan fingerprint density at radius 3 is 2.49 bits per heavy atom. The molecule has 39 heavy (non-hydrogen) atoms. The van der Waals surface area contributed by atoms with E-state index in [1.807, 2.05) is 32.0 Å². The third-order valence-electron chi connectivity index (χ3n) is 7.12. The smallest absolute Gasteiger partial charge is 0.256 e. The van der Waals surface area contributed by atoms with Crippen molar-refractivity contribution in [3.8, 4) is 10.6 Å². The Labute approximate surface area is 236 Å². The molecule has 0 bridgehead atoms. The average Bonchev–Trinajstić information content (AvgIpc) is 3.48. The van der Waals surface area contributed by atoms with Crippen molar-refractivity contribution in [2.45, 2.75) is 43.9 Å². The zero-order valence-corrected chi connectivity index (χ0v) is 24.5. The molecule has 204 valence electrons. The van der Waals surface area contributed by atoms with Crippen molar-refractivity contribution >= 4 is 53.8 Å². The van der Waals surface area contributed by atoms with Gasteiger partial charge in [-0.1, -0.05) is 12.1 Å². The highest BCUT2D eigenvalue weighted by Crippen LogP contribution is 2.45. The molecular weight excluding hydrogens is 553 g/mol. The maximum Gasteiger partial charge on any atom is 0.256 e. The first-order valence-electron chi connectivity index (χ1n) is 12.9. The molecule has 11 heteroatoms. The molecule has 8 nitrogen and oxygen atoms in total. The Kier molecular flexibility index (Phi) is 7.07. The minimum atomic E-state index is -3.68. The van der Waals surface area contributed by atoms with Crippen molar-refractivity contribution in [1.29, 1.82) is 0 Å². The van der Waals surface area contributed by atoms with Gasteiger partial charge in [-0.3, -0.25) is 4.79 Å². The summed E-state index contributed by atoms with van der Waals surface area (Å²) >= 11 is 3.23. The van der Waals surface area contributed by atoms with Gasteiger partial charge in [-0.2, -0.15) is 4.31 Å². The first-order chi connectivity index (χ1) is 18.7. The molecule has 1 fully saturated rings. The molecule has 4 heterocycles. The van der Waals surface area contributed by atoms with Crippen LogP contribution in [0.2, 0.25) is 0 Å². The number of anilines is 1. The lowest BCUT2D eigenvalue weighted by Gasteiger charge is -2.34. The number of likely N-dealkylation sites (N-methyl/N-ethyl adjacent to an activating group) is 1. The number of rotatable bonds is 5. The van der Waals surface area contributed by atoms with Crippen molar-refractivity contribution in [2.24, 2.45) is 0 Å². The number of sulfonamides is 1. The topological polar surface area (TPSA) is 91.8 Å². The Balaban J connectivity index is 1.28. The fraction of sp³-hybridized carbons (Fsp3) is 0.357. The summed E-state index contributed by atoms with van der Waals surface area (Å²) in [7, 11) is -1.58. The number of hydrogen-bond acceptors (Lipinski definition) is 8. The minimum Gasteiger partial charge on any atom is -0.373 e. The third kappa shape index (κ3) is 5.15. The number of morpholine rings is 1. The van der Waals surface area contributed by atoms with E-state index in [0.717, 1.165) is 45.3 Å². The Hall–Kier alpha value is -2.67. The first-order valence-corrected chi connectivity index (χ1v) is 16.0. The molecule has 2 aromatic carbocycles. The Bertz CT molecular complexity index is 1600. The van der Waals surface area contributed by atoms with Crippen molar-refractivity contribution in [3.63, 3.8) is 0 Å². The molecule has 6 rings (SSSR count). The van der Waals surface area contributed by atoms with Gasteiger partial charge in [-0.25, -0.2) is 13.4 Å². The lowest BCUT2D eigenvalue weighted by Crippen LogP contribution is -2.48. The van der Waals surface area contributed by atoms with E-state index in [-0.39, 0.29) is 23.0 Å². The van der Waals surface area contributed by atoms with E-state index < -0.39 is 10.0 Å². The van der Waals surface area contributed by atoms with Crippen LogP contribution in [0.1, 0.15) is 34.6 Å². The fourth-order valence-electron chi connectivity index (χ4n) is 5.25. The van der Waals surface area contributed by atoms with Gasteiger partial charge < -0.3 is 15.0 Å².